The molecule has 0 fully saturated rings. The van der Waals surface area contributed by atoms with E-state index < -0.39 is 18.5 Å². The van der Waals surface area contributed by atoms with Crippen LogP contribution in [0.3, 0.4) is 0 Å². The van der Waals surface area contributed by atoms with Crippen LogP contribution in [-0.4, -0.2) is 39.8 Å². The minimum atomic E-state index is -0.717. The number of carbonyl (C=O) groups excluding carboxylic acids is 2. The van der Waals surface area contributed by atoms with E-state index in [-0.39, 0.29) is 0 Å². The number of nitrogens with one attached hydrogen (secondary N) is 1. The molecule has 0 aromatic heterocycles. The van der Waals surface area contributed by atoms with E-state index in [1.165, 1.54) is 33.5 Å². The lowest BCUT2D eigenvalue weighted by molar-refractivity contribution is -0.142. The molecule has 0 aliphatic heterocycles. The van der Waals surface area contributed by atoms with Crippen molar-refractivity contribution in [2.45, 2.75) is 0 Å². The van der Waals surface area contributed by atoms with Gasteiger partial charge in [0.15, 0.2) is 18.1 Å². The summed E-state index contributed by atoms with van der Waals surface area (Å²) in [6.45, 7) is -0.494. The van der Waals surface area contributed by atoms with Crippen molar-refractivity contribution in [3.8, 4) is 23.3 Å². The van der Waals surface area contributed by atoms with Gasteiger partial charge in [0.2, 0.25) is 0 Å². The molecule has 0 spiro atoms. The Morgan fingerprint density at radius 3 is 2.34 bits per heavy atom. The summed E-state index contributed by atoms with van der Waals surface area (Å²) in [5.74, 6) is 0.150. The Hall–Kier alpha value is -3.99. The number of rotatable bonds is 8. The molecule has 8 heteroatoms. The largest absolute Gasteiger partial charge is 0.496 e. The lowest BCUT2D eigenvalue weighted by Gasteiger charge is -2.12. The highest BCUT2D eigenvalue weighted by Crippen LogP contribution is 2.35. The fourth-order valence-electron chi connectivity index (χ4n) is 2.40. The van der Waals surface area contributed by atoms with Crippen molar-refractivity contribution in [1.29, 1.82) is 5.26 Å². The number of nitriles is 1. The van der Waals surface area contributed by atoms with Gasteiger partial charge < -0.3 is 24.3 Å². The zero-order valence-electron chi connectivity index (χ0n) is 16.2. The van der Waals surface area contributed by atoms with Crippen molar-refractivity contribution in [3.05, 3.63) is 53.6 Å². The Labute approximate surface area is 168 Å². The third-order valence-electron chi connectivity index (χ3n) is 3.80. The maximum Gasteiger partial charge on any atom is 0.331 e. The summed E-state index contributed by atoms with van der Waals surface area (Å²) in [4.78, 5) is 23.9. The van der Waals surface area contributed by atoms with Gasteiger partial charge >= 0.3 is 5.97 Å². The Bertz CT molecular complexity index is 962. The second-order valence-electron chi connectivity index (χ2n) is 5.60. The van der Waals surface area contributed by atoms with Crippen LogP contribution in [0.1, 0.15) is 11.1 Å². The fourth-order valence-corrected chi connectivity index (χ4v) is 2.40. The van der Waals surface area contributed by atoms with Gasteiger partial charge in [-0.05, 0) is 24.3 Å². The van der Waals surface area contributed by atoms with Gasteiger partial charge in [-0.2, -0.15) is 5.26 Å². The quantitative estimate of drug-likeness (QED) is 0.540. The van der Waals surface area contributed by atoms with E-state index in [1.807, 2.05) is 6.07 Å². The Kier molecular flexibility index (Phi) is 7.62. The summed E-state index contributed by atoms with van der Waals surface area (Å²) < 4.78 is 20.6. The third-order valence-corrected chi connectivity index (χ3v) is 3.80. The fraction of sp³-hybridized carbons (Fsp3) is 0.190. The Morgan fingerprint density at radius 2 is 1.69 bits per heavy atom. The van der Waals surface area contributed by atoms with Crippen LogP contribution >= 0.6 is 0 Å². The Balaban J connectivity index is 1.99. The number of para-hydroxylation sites is 1. The van der Waals surface area contributed by atoms with Gasteiger partial charge in [-0.25, -0.2) is 4.79 Å². The average Bonchev–Trinajstić information content (AvgIpc) is 2.75. The maximum atomic E-state index is 11.9. The van der Waals surface area contributed by atoms with Crippen LogP contribution < -0.4 is 19.5 Å². The predicted octanol–water partition coefficient (Wildman–Crippen LogP) is 2.78. The monoisotopic (exact) mass is 396 g/mol. The number of hydrogen-bond donors (Lipinski definition) is 1. The molecule has 8 nitrogen and oxygen atoms in total. The molecule has 1 N–H and O–H groups in total. The summed E-state index contributed by atoms with van der Waals surface area (Å²) in [6.07, 6.45) is 2.65. The van der Waals surface area contributed by atoms with Crippen LogP contribution in [0.15, 0.2) is 42.5 Å². The van der Waals surface area contributed by atoms with Crippen LogP contribution in [0, 0.1) is 11.3 Å². The first kappa shape index (κ1) is 21.3. The Morgan fingerprint density at radius 1 is 1.03 bits per heavy atom. The van der Waals surface area contributed by atoms with Gasteiger partial charge in [0.1, 0.15) is 11.8 Å². The molecule has 2 aromatic carbocycles. The highest BCUT2D eigenvalue weighted by Gasteiger charge is 2.11. The van der Waals surface area contributed by atoms with Crippen molar-refractivity contribution < 1.29 is 28.5 Å². The summed E-state index contributed by atoms with van der Waals surface area (Å²) >= 11 is 0. The van der Waals surface area contributed by atoms with Crippen molar-refractivity contribution in [2.75, 3.05) is 33.3 Å². The van der Waals surface area contributed by atoms with E-state index in [2.05, 4.69) is 5.32 Å². The van der Waals surface area contributed by atoms with Crippen LogP contribution in [0.2, 0.25) is 0 Å². The van der Waals surface area contributed by atoms with Gasteiger partial charge in [-0.3, -0.25) is 4.79 Å². The van der Waals surface area contributed by atoms with E-state index in [1.54, 1.807) is 36.4 Å². The van der Waals surface area contributed by atoms with Crippen molar-refractivity contribution in [3.63, 3.8) is 0 Å². The molecule has 0 bridgehead atoms. The first-order valence-electron chi connectivity index (χ1n) is 8.46. The van der Waals surface area contributed by atoms with E-state index in [9.17, 15) is 9.59 Å². The van der Waals surface area contributed by atoms with Crippen molar-refractivity contribution in [1.82, 2.24) is 0 Å². The van der Waals surface area contributed by atoms with E-state index in [4.69, 9.17) is 24.2 Å². The van der Waals surface area contributed by atoms with E-state index in [0.717, 1.165) is 0 Å². The van der Waals surface area contributed by atoms with Crippen LogP contribution in [0.4, 0.5) is 5.69 Å². The van der Waals surface area contributed by atoms with Crippen LogP contribution in [0.5, 0.6) is 17.2 Å². The molecular weight excluding hydrogens is 376 g/mol. The lowest BCUT2D eigenvalue weighted by atomic mass is 10.1. The van der Waals surface area contributed by atoms with Gasteiger partial charge in [-0.15, -0.1) is 0 Å². The third kappa shape index (κ3) is 5.74. The smallest absolute Gasteiger partial charge is 0.331 e. The van der Waals surface area contributed by atoms with Crippen molar-refractivity contribution in [2.24, 2.45) is 0 Å². The molecule has 0 aliphatic carbocycles. The molecule has 0 aliphatic rings. The van der Waals surface area contributed by atoms with Crippen LogP contribution in [0.25, 0.3) is 6.08 Å². The molecule has 29 heavy (non-hydrogen) atoms. The topological polar surface area (TPSA) is 107 Å². The second kappa shape index (κ2) is 10.4. The molecule has 0 radical (unpaired) electrons. The zero-order valence-corrected chi connectivity index (χ0v) is 16.2. The van der Waals surface area contributed by atoms with Gasteiger partial charge in [0.25, 0.3) is 5.91 Å². The maximum absolute atomic E-state index is 11.9. The van der Waals surface area contributed by atoms with Crippen LogP contribution in [-0.2, 0) is 14.3 Å². The highest BCUT2D eigenvalue weighted by molar-refractivity contribution is 5.95. The normalized spacial score (nSPS) is 10.1. The molecule has 0 heterocycles. The molecule has 1 amide bonds. The molecule has 150 valence electrons. The number of esters is 1. The SMILES string of the molecule is COc1cc(OC)c(OC)cc1/C=C/C(=O)OCC(=O)Nc1ccccc1C#N. The zero-order chi connectivity index (χ0) is 21.2. The molecule has 0 unspecified atom stereocenters. The van der Waals surface area contributed by atoms with Gasteiger partial charge in [-0.1, -0.05) is 12.1 Å². The van der Waals surface area contributed by atoms with E-state index in [0.29, 0.717) is 34.1 Å². The minimum absolute atomic E-state index is 0.313. The lowest BCUT2D eigenvalue weighted by Crippen LogP contribution is -2.20. The summed E-state index contributed by atoms with van der Waals surface area (Å²) in [6, 6.07) is 11.8. The first-order chi connectivity index (χ1) is 14.0. The number of methoxy groups -OCH3 is 3. The predicted molar refractivity (Wildman–Crippen MR) is 106 cm³/mol. The number of hydrogen-bond acceptors (Lipinski definition) is 7. The number of amides is 1. The number of nitrogens with zero attached hydrogens (tertiary/aromatic N) is 1. The number of carbonyl (C=O) groups is 2. The van der Waals surface area contributed by atoms with E-state index >= 15 is 0 Å². The summed E-state index contributed by atoms with van der Waals surface area (Å²) in [7, 11) is 4.49. The average molecular weight is 396 g/mol. The number of ether oxygens (including phenoxy) is 4. The highest BCUT2D eigenvalue weighted by atomic mass is 16.5. The molecule has 2 aromatic rings. The summed E-state index contributed by atoms with van der Waals surface area (Å²) in [5, 5.41) is 11.5. The number of anilines is 1. The van der Waals surface area contributed by atoms with Gasteiger partial charge in [0, 0.05) is 17.7 Å². The molecular formula is C21H20N2O6. The second-order valence-corrected chi connectivity index (χ2v) is 5.60. The first-order valence-corrected chi connectivity index (χ1v) is 8.46. The molecule has 0 saturated heterocycles. The summed E-state index contributed by atoms with van der Waals surface area (Å²) in [5.41, 5.74) is 1.23. The van der Waals surface area contributed by atoms with Crippen molar-refractivity contribution >= 4 is 23.6 Å². The molecule has 2 rings (SSSR count). The van der Waals surface area contributed by atoms with Gasteiger partial charge in [0.05, 0.1) is 32.6 Å². The minimum Gasteiger partial charge on any atom is -0.496 e. The molecule has 0 saturated carbocycles. The standard InChI is InChI=1S/C21H20N2O6/c1-26-17-11-19(28-3)18(27-2)10-14(17)8-9-21(25)29-13-20(24)23-16-7-5-4-6-15(16)12-22/h4-11H,13H2,1-3H3,(H,23,24)/b9-8+. The molecule has 0 atom stereocenters. The number of benzene rings is 2.